The van der Waals surface area contributed by atoms with E-state index in [9.17, 15) is 15.3 Å². The normalized spacial score (nSPS) is 53.2. The molecule has 0 saturated heterocycles. The second-order valence-electron chi connectivity index (χ2n) is 10.7. The van der Waals surface area contributed by atoms with Crippen LogP contribution in [0.2, 0.25) is 0 Å². The Labute approximate surface area is 167 Å². The summed E-state index contributed by atoms with van der Waals surface area (Å²) in [5.74, 6) is 1.26. The fraction of sp³-hybridized carbons (Fsp3) is 0.826. The lowest BCUT2D eigenvalue weighted by molar-refractivity contribution is -0.239. The van der Waals surface area contributed by atoms with E-state index < -0.39 is 16.6 Å². The second-order valence-corrected chi connectivity index (χ2v) is 10.7. The minimum Gasteiger partial charge on any atom is -0.393 e. The van der Waals surface area contributed by atoms with Crippen molar-refractivity contribution in [1.29, 1.82) is 0 Å². The molecule has 1 heterocycles. The Morgan fingerprint density at radius 3 is 2.54 bits per heavy atom. The molecule has 3 N–H and O–H groups in total. The molecule has 0 amide bonds. The van der Waals surface area contributed by atoms with Gasteiger partial charge in [-0.25, -0.2) is 9.97 Å². The molecule has 1 aromatic rings. The Morgan fingerprint density at radius 2 is 1.79 bits per heavy atom. The van der Waals surface area contributed by atoms with Crippen molar-refractivity contribution < 1.29 is 15.3 Å². The third-order valence-corrected chi connectivity index (χ3v) is 9.98. The van der Waals surface area contributed by atoms with Gasteiger partial charge < -0.3 is 15.3 Å². The quantitative estimate of drug-likeness (QED) is 0.690. The van der Waals surface area contributed by atoms with Crippen LogP contribution in [0.3, 0.4) is 0 Å². The summed E-state index contributed by atoms with van der Waals surface area (Å²) in [6.07, 6.45) is 11.0. The van der Waals surface area contributed by atoms with Gasteiger partial charge in [0.15, 0.2) is 0 Å². The Morgan fingerprint density at radius 1 is 0.964 bits per heavy atom. The van der Waals surface area contributed by atoms with Crippen LogP contribution in [0.15, 0.2) is 18.6 Å². The molecule has 8 atom stereocenters. The molecule has 0 unspecified atom stereocenters. The zero-order valence-corrected chi connectivity index (χ0v) is 17.1. The van der Waals surface area contributed by atoms with Crippen LogP contribution in [-0.2, 0) is 5.60 Å². The summed E-state index contributed by atoms with van der Waals surface area (Å²) in [5.41, 5.74) is -1.70. The molecule has 4 aliphatic rings. The van der Waals surface area contributed by atoms with Gasteiger partial charge in [0.25, 0.3) is 0 Å². The molecule has 0 bridgehead atoms. The van der Waals surface area contributed by atoms with E-state index in [1.807, 2.05) is 6.07 Å². The predicted octanol–water partition coefficient (Wildman–Crippen LogP) is 3.18. The molecular weight excluding hydrogens is 352 g/mol. The molecule has 4 saturated carbocycles. The van der Waals surface area contributed by atoms with Crippen molar-refractivity contribution in [3.63, 3.8) is 0 Å². The first-order valence-corrected chi connectivity index (χ1v) is 11.1. The van der Waals surface area contributed by atoms with Crippen LogP contribution >= 0.6 is 0 Å². The molecule has 4 aliphatic carbocycles. The van der Waals surface area contributed by atoms with E-state index in [1.165, 1.54) is 6.33 Å². The van der Waals surface area contributed by atoms with Crippen molar-refractivity contribution in [3.8, 4) is 0 Å². The Balaban J connectivity index is 1.52. The zero-order valence-electron chi connectivity index (χ0n) is 17.1. The molecule has 28 heavy (non-hydrogen) atoms. The van der Waals surface area contributed by atoms with Gasteiger partial charge in [0.1, 0.15) is 11.9 Å². The van der Waals surface area contributed by atoms with Gasteiger partial charge in [-0.15, -0.1) is 0 Å². The van der Waals surface area contributed by atoms with Crippen LogP contribution < -0.4 is 0 Å². The SMILES string of the molecule is C[C@]12CC[C@H](O)C[C@@H]1CC[C@@H]1[C@@H]2CC[C@]2(C)[C@@](O)(c3ccncn3)CC[C@]12O. The fourth-order valence-electron chi connectivity index (χ4n) is 8.17. The van der Waals surface area contributed by atoms with E-state index in [1.54, 1.807) is 6.20 Å². The number of aliphatic hydroxyl groups excluding tert-OH is 1. The van der Waals surface area contributed by atoms with Crippen molar-refractivity contribution in [3.05, 3.63) is 24.3 Å². The zero-order chi connectivity index (χ0) is 19.8. The molecule has 0 aliphatic heterocycles. The second kappa shape index (κ2) is 5.99. The maximum absolute atomic E-state index is 12.2. The van der Waals surface area contributed by atoms with Crippen molar-refractivity contribution in [2.45, 2.75) is 88.9 Å². The van der Waals surface area contributed by atoms with Crippen LogP contribution in [0.1, 0.15) is 77.3 Å². The summed E-state index contributed by atoms with van der Waals surface area (Å²) >= 11 is 0. The molecule has 154 valence electrons. The molecule has 5 rings (SSSR count). The first-order valence-electron chi connectivity index (χ1n) is 11.1. The van der Waals surface area contributed by atoms with E-state index in [4.69, 9.17) is 0 Å². The van der Waals surface area contributed by atoms with Gasteiger partial charge in [-0.2, -0.15) is 0 Å². The van der Waals surface area contributed by atoms with Crippen molar-refractivity contribution in [2.75, 3.05) is 0 Å². The van der Waals surface area contributed by atoms with Gasteiger partial charge in [-0.1, -0.05) is 13.8 Å². The molecule has 0 radical (unpaired) electrons. The Hall–Kier alpha value is -1.04. The van der Waals surface area contributed by atoms with E-state index in [0.717, 1.165) is 44.9 Å². The minimum atomic E-state index is -1.10. The number of aliphatic hydroxyl groups is 3. The summed E-state index contributed by atoms with van der Waals surface area (Å²) in [4.78, 5) is 8.40. The molecule has 1 aromatic heterocycles. The van der Waals surface area contributed by atoms with Crippen molar-refractivity contribution >= 4 is 0 Å². The average molecular weight is 387 g/mol. The molecule has 0 spiro atoms. The standard InChI is InChI=1S/C23H34N2O3/c1-20-8-5-16(26)13-15(20)3-4-18-17(20)6-9-21(2)22(18,27)10-11-23(21,28)19-7-12-24-14-25-19/h7,12,14-18,26-28H,3-6,8-11,13H2,1-2H3/t15-,16-,17-,18+,20-,21-,22-,23-/m0/s1. The van der Waals surface area contributed by atoms with Crippen molar-refractivity contribution in [2.24, 2.45) is 28.6 Å². The Kier molecular flexibility index (Phi) is 4.06. The number of hydrogen-bond donors (Lipinski definition) is 3. The average Bonchev–Trinajstić information content (AvgIpc) is 2.91. The smallest absolute Gasteiger partial charge is 0.115 e. The molecular formula is C23H34N2O3. The number of nitrogens with zero attached hydrogens (tertiary/aromatic N) is 2. The highest BCUT2D eigenvalue weighted by Crippen LogP contribution is 2.71. The number of hydrogen-bond acceptors (Lipinski definition) is 5. The first kappa shape index (κ1) is 19.0. The third-order valence-electron chi connectivity index (χ3n) is 9.98. The minimum absolute atomic E-state index is 0.152. The lowest BCUT2D eigenvalue weighted by Crippen LogP contribution is -2.64. The van der Waals surface area contributed by atoms with E-state index >= 15 is 0 Å². The summed E-state index contributed by atoms with van der Waals surface area (Å²) in [5, 5.41) is 34.2. The van der Waals surface area contributed by atoms with Crippen LogP contribution in [0.4, 0.5) is 0 Å². The third kappa shape index (κ3) is 2.19. The topological polar surface area (TPSA) is 86.5 Å². The first-order chi connectivity index (χ1) is 13.2. The van der Waals surface area contributed by atoms with E-state index in [2.05, 4.69) is 23.8 Å². The molecule has 5 nitrogen and oxygen atoms in total. The van der Waals surface area contributed by atoms with Gasteiger partial charge in [-0.3, -0.25) is 0 Å². The molecule has 0 aromatic carbocycles. The predicted molar refractivity (Wildman–Crippen MR) is 105 cm³/mol. The summed E-state index contributed by atoms with van der Waals surface area (Å²) in [6, 6.07) is 1.81. The monoisotopic (exact) mass is 386 g/mol. The van der Waals surface area contributed by atoms with Crippen LogP contribution in [-0.4, -0.2) is 37.0 Å². The highest BCUT2D eigenvalue weighted by Gasteiger charge is 2.72. The summed E-state index contributed by atoms with van der Waals surface area (Å²) in [7, 11) is 0. The highest BCUT2D eigenvalue weighted by atomic mass is 16.3. The lowest BCUT2D eigenvalue weighted by atomic mass is 9.43. The maximum Gasteiger partial charge on any atom is 0.115 e. The summed E-state index contributed by atoms with van der Waals surface area (Å²) < 4.78 is 0. The van der Waals surface area contributed by atoms with Gasteiger partial charge in [0, 0.05) is 11.6 Å². The van der Waals surface area contributed by atoms with E-state index in [0.29, 0.717) is 30.4 Å². The largest absolute Gasteiger partial charge is 0.393 e. The van der Waals surface area contributed by atoms with Gasteiger partial charge >= 0.3 is 0 Å². The van der Waals surface area contributed by atoms with Gasteiger partial charge in [0.05, 0.1) is 17.4 Å². The van der Waals surface area contributed by atoms with E-state index in [-0.39, 0.29) is 17.4 Å². The lowest BCUT2D eigenvalue weighted by Gasteiger charge is -2.64. The van der Waals surface area contributed by atoms with Gasteiger partial charge in [-0.05, 0) is 87.0 Å². The fourth-order valence-corrected chi connectivity index (χ4v) is 8.17. The summed E-state index contributed by atoms with van der Waals surface area (Å²) in [6.45, 7) is 4.51. The van der Waals surface area contributed by atoms with Gasteiger partial charge in [0.2, 0.25) is 0 Å². The van der Waals surface area contributed by atoms with Crippen molar-refractivity contribution in [1.82, 2.24) is 9.97 Å². The van der Waals surface area contributed by atoms with Crippen LogP contribution in [0.5, 0.6) is 0 Å². The Bertz CT molecular complexity index is 759. The number of aromatic nitrogens is 2. The molecule has 4 fully saturated rings. The number of rotatable bonds is 1. The van der Waals surface area contributed by atoms with Crippen LogP contribution in [0.25, 0.3) is 0 Å². The highest BCUT2D eigenvalue weighted by molar-refractivity contribution is 5.27. The molecule has 5 heteroatoms. The van der Waals surface area contributed by atoms with Crippen LogP contribution in [0, 0.1) is 28.6 Å². The number of fused-ring (bicyclic) bond motifs is 5. The maximum atomic E-state index is 12.2.